The van der Waals surface area contributed by atoms with Gasteiger partial charge in [-0.1, -0.05) is 41.0 Å². The lowest BCUT2D eigenvalue weighted by Gasteiger charge is -2.32. The van der Waals surface area contributed by atoms with E-state index in [0.29, 0.717) is 5.92 Å². The molecule has 0 spiro atoms. The summed E-state index contributed by atoms with van der Waals surface area (Å²) in [6, 6.07) is 0.0437. The van der Waals surface area contributed by atoms with Gasteiger partial charge in [0.15, 0.2) is 0 Å². The SMILES string of the molecule is CCCC1NC(C)N(CC(C)C(C)(C)C)C1=O. The molecule has 3 nitrogen and oxygen atoms in total. The van der Waals surface area contributed by atoms with Crippen LogP contribution in [0, 0.1) is 11.3 Å². The number of rotatable bonds is 4. The lowest BCUT2D eigenvalue weighted by atomic mass is 9.82. The highest BCUT2D eigenvalue weighted by Gasteiger charge is 2.37. The van der Waals surface area contributed by atoms with Crippen molar-refractivity contribution in [3.05, 3.63) is 0 Å². The van der Waals surface area contributed by atoms with Gasteiger partial charge < -0.3 is 4.90 Å². The van der Waals surface area contributed by atoms with Crippen LogP contribution < -0.4 is 5.32 Å². The average Bonchev–Trinajstić information content (AvgIpc) is 2.45. The Kier molecular flexibility index (Phi) is 4.59. The number of carbonyl (C=O) groups is 1. The molecule has 3 heteroatoms. The van der Waals surface area contributed by atoms with E-state index in [4.69, 9.17) is 0 Å². The van der Waals surface area contributed by atoms with Gasteiger partial charge in [0.1, 0.15) is 0 Å². The molecule has 1 amide bonds. The molecule has 0 aromatic heterocycles. The van der Waals surface area contributed by atoms with E-state index in [1.54, 1.807) is 0 Å². The predicted octanol–water partition coefficient (Wildman–Crippen LogP) is 2.62. The molecular formula is C14H28N2O. The van der Waals surface area contributed by atoms with E-state index >= 15 is 0 Å². The molecule has 0 saturated carbocycles. The summed E-state index contributed by atoms with van der Waals surface area (Å²) >= 11 is 0. The van der Waals surface area contributed by atoms with Crippen LogP contribution >= 0.6 is 0 Å². The number of amides is 1. The summed E-state index contributed by atoms with van der Waals surface area (Å²) < 4.78 is 0. The van der Waals surface area contributed by atoms with Crippen LogP contribution in [0.5, 0.6) is 0 Å². The first-order chi connectivity index (χ1) is 7.77. The van der Waals surface area contributed by atoms with E-state index < -0.39 is 0 Å². The van der Waals surface area contributed by atoms with E-state index in [2.05, 4.69) is 46.9 Å². The fourth-order valence-electron chi connectivity index (χ4n) is 2.16. The Hall–Kier alpha value is -0.570. The van der Waals surface area contributed by atoms with Crippen molar-refractivity contribution in [2.24, 2.45) is 11.3 Å². The number of carbonyl (C=O) groups excluding carboxylic acids is 1. The van der Waals surface area contributed by atoms with Gasteiger partial charge in [0.05, 0.1) is 12.2 Å². The van der Waals surface area contributed by atoms with Crippen LogP contribution in [-0.2, 0) is 4.79 Å². The Labute approximate surface area is 106 Å². The summed E-state index contributed by atoms with van der Waals surface area (Å²) in [5, 5.41) is 3.39. The van der Waals surface area contributed by atoms with Crippen molar-refractivity contribution in [1.82, 2.24) is 10.2 Å². The molecule has 3 atom stereocenters. The highest BCUT2D eigenvalue weighted by Crippen LogP contribution is 2.28. The number of nitrogens with one attached hydrogen (secondary N) is 1. The van der Waals surface area contributed by atoms with Crippen molar-refractivity contribution in [3.8, 4) is 0 Å². The van der Waals surface area contributed by atoms with Gasteiger partial charge in [-0.05, 0) is 24.7 Å². The van der Waals surface area contributed by atoms with Crippen molar-refractivity contribution < 1.29 is 4.79 Å². The van der Waals surface area contributed by atoms with Crippen molar-refractivity contribution >= 4 is 5.91 Å². The molecule has 0 aromatic rings. The van der Waals surface area contributed by atoms with Crippen LogP contribution in [0.2, 0.25) is 0 Å². The quantitative estimate of drug-likeness (QED) is 0.819. The molecule has 0 radical (unpaired) electrons. The van der Waals surface area contributed by atoms with Gasteiger partial charge in [-0.25, -0.2) is 0 Å². The number of hydrogen-bond donors (Lipinski definition) is 1. The third kappa shape index (κ3) is 3.44. The van der Waals surface area contributed by atoms with Crippen LogP contribution in [0.4, 0.5) is 0 Å². The first-order valence-electron chi connectivity index (χ1n) is 6.84. The Morgan fingerprint density at radius 1 is 1.41 bits per heavy atom. The van der Waals surface area contributed by atoms with Gasteiger partial charge in [-0.2, -0.15) is 0 Å². The molecule has 1 aliphatic heterocycles. The summed E-state index contributed by atoms with van der Waals surface area (Å²) in [7, 11) is 0. The van der Waals surface area contributed by atoms with Crippen molar-refractivity contribution in [3.63, 3.8) is 0 Å². The second kappa shape index (κ2) is 5.38. The van der Waals surface area contributed by atoms with Crippen molar-refractivity contribution in [1.29, 1.82) is 0 Å². The van der Waals surface area contributed by atoms with Gasteiger partial charge in [0.2, 0.25) is 5.91 Å². The van der Waals surface area contributed by atoms with Crippen LogP contribution in [-0.4, -0.2) is 29.6 Å². The molecule has 0 bridgehead atoms. The van der Waals surface area contributed by atoms with Gasteiger partial charge in [0, 0.05) is 6.54 Å². The summed E-state index contributed by atoms with van der Waals surface area (Å²) in [6.07, 6.45) is 2.19. The van der Waals surface area contributed by atoms with Gasteiger partial charge in [-0.15, -0.1) is 0 Å². The first-order valence-corrected chi connectivity index (χ1v) is 6.84. The lowest BCUT2D eigenvalue weighted by molar-refractivity contribution is -0.130. The Morgan fingerprint density at radius 2 is 2.00 bits per heavy atom. The third-order valence-electron chi connectivity index (χ3n) is 4.02. The van der Waals surface area contributed by atoms with Crippen LogP contribution in [0.25, 0.3) is 0 Å². The third-order valence-corrected chi connectivity index (χ3v) is 4.02. The maximum Gasteiger partial charge on any atom is 0.241 e. The van der Waals surface area contributed by atoms with Crippen LogP contribution in [0.1, 0.15) is 54.4 Å². The highest BCUT2D eigenvalue weighted by atomic mass is 16.2. The van der Waals surface area contributed by atoms with E-state index in [-0.39, 0.29) is 23.5 Å². The largest absolute Gasteiger partial charge is 0.326 e. The molecule has 100 valence electrons. The van der Waals surface area contributed by atoms with Crippen molar-refractivity contribution in [2.45, 2.75) is 66.6 Å². The molecule has 1 saturated heterocycles. The predicted molar refractivity (Wildman–Crippen MR) is 71.6 cm³/mol. The summed E-state index contributed by atoms with van der Waals surface area (Å²) in [6.45, 7) is 14.0. The zero-order valence-corrected chi connectivity index (χ0v) is 12.2. The number of nitrogens with zero attached hydrogens (tertiary/aromatic N) is 1. The summed E-state index contributed by atoms with van der Waals surface area (Å²) in [5.74, 6) is 0.798. The van der Waals surface area contributed by atoms with Gasteiger partial charge in [-0.3, -0.25) is 10.1 Å². The smallest absolute Gasteiger partial charge is 0.241 e. The van der Waals surface area contributed by atoms with E-state index in [9.17, 15) is 4.79 Å². The number of hydrogen-bond acceptors (Lipinski definition) is 2. The Bertz CT molecular complexity index is 270. The van der Waals surface area contributed by atoms with E-state index in [0.717, 1.165) is 19.4 Å². The second-order valence-corrected chi connectivity index (χ2v) is 6.44. The maximum absolute atomic E-state index is 12.2. The molecule has 1 fully saturated rings. The zero-order chi connectivity index (χ0) is 13.2. The summed E-state index contributed by atoms with van der Waals surface area (Å²) in [4.78, 5) is 14.2. The lowest BCUT2D eigenvalue weighted by Crippen LogP contribution is -2.40. The standard InChI is InChI=1S/C14H28N2O/c1-7-8-12-13(17)16(11(3)15-12)9-10(2)14(4,5)6/h10-12,15H,7-9H2,1-6H3. The van der Waals surface area contributed by atoms with Crippen LogP contribution in [0.15, 0.2) is 0 Å². The van der Waals surface area contributed by atoms with Crippen LogP contribution in [0.3, 0.4) is 0 Å². The Balaban J connectivity index is 2.63. The second-order valence-electron chi connectivity index (χ2n) is 6.44. The minimum absolute atomic E-state index is 0.0437. The van der Waals surface area contributed by atoms with E-state index in [1.807, 2.05) is 4.90 Å². The molecular weight excluding hydrogens is 212 g/mol. The van der Waals surface area contributed by atoms with Gasteiger partial charge >= 0.3 is 0 Å². The minimum Gasteiger partial charge on any atom is -0.326 e. The van der Waals surface area contributed by atoms with Crippen molar-refractivity contribution in [2.75, 3.05) is 6.54 Å². The first kappa shape index (κ1) is 14.5. The molecule has 1 N–H and O–H groups in total. The molecule has 0 aliphatic carbocycles. The maximum atomic E-state index is 12.2. The topological polar surface area (TPSA) is 32.3 Å². The molecule has 17 heavy (non-hydrogen) atoms. The molecule has 3 unspecified atom stereocenters. The minimum atomic E-state index is 0.0437. The molecule has 1 rings (SSSR count). The van der Waals surface area contributed by atoms with E-state index in [1.165, 1.54) is 0 Å². The fraction of sp³-hybridized carbons (Fsp3) is 0.929. The molecule has 1 heterocycles. The zero-order valence-electron chi connectivity index (χ0n) is 12.2. The average molecular weight is 240 g/mol. The molecule has 0 aromatic carbocycles. The molecule has 1 aliphatic rings. The normalized spacial score (nSPS) is 27.6. The Morgan fingerprint density at radius 3 is 2.47 bits per heavy atom. The fourth-order valence-corrected chi connectivity index (χ4v) is 2.16. The van der Waals surface area contributed by atoms with Gasteiger partial charge in [0.25, 0.3) is 0 Å². The highest BCUT2D eigenvalue weighted by molar-refractivity contribution is 5.84. The monoisotopic (exact) mass is 240 g/mol. The summed E-state index contributed by atoms with van der Waals surface area (Å²) in [5.41, 5.74) is 0.253.